The Balaban J connectivity index is 1.70. The second-order valence-electron chi connectivity index (χ2n) is 11.4. The van der Waals surface area contributed by atoms with Crippen LogP contribution in [0.1, 0.15) is 57.2 Å². The standard InChI is InChI=1S/C32H44F2N4O4/c1-5-7-11-38-28(21(3)4)19-37(31(41)32(38)42)20-30(40)36-27(15-24-13-25(33)16-26(34)14-24)29(39)18-35-17-23-10-8-9-22(6-2)12-23/h8-10,12-14,16,21,27-29,35,39H,5-7,11,15,17-20H2,1-4H3,(H,36,40)/t27-,28+,29+/m0/s1. The quantitative estimate of drug-likeness (QED) is 0.278. The van der Waals surface area contributed by atoms with Crippen LogP contribution >= 0.6 is 0 Å². The molecule has 1 fully saturated rings. The van der Waals surface area contributed by atoms with Gasteiger partial charge >= 0.3 is 11.8 Å². The highest BCUT2D eigenvalue weighted by atomic mass is 19.1. The van der Waals surface area contributed by atoms with Gasteiger partial charge in [-0.3, -0.25) is 14.4 Å². The van der Waals surface area contributed by atoms with Crippen LogP contribution in [0.3, 0.4) is 0 Å². The third-order valence-corrected chi connectivity index (χ3v) is 7.67. The molecule has 0 aromatic heterocycles. The molecule has 230 valence electrons. The molecule has 3 N–H and O–H groups in total. The smallest absolute Gasteiger partial charge is 0.312 e. The van der Waals surface area contributed by atoms with E-state index in [0.717, 1.165) is 43.0 Å². The van der Waals surface area contributed by atoms with Crippen molar-refractivity contribution in [2.75, 3.05) is 26.2 Å². The first-order valence-electron chi connectivity index (χ1n) is 14.8. The van der Waals surface area contributed by atoms with Crippen LogP contribution in [0.4, 0.5) is 8.78 Å². The SMILES string of the molecule is CCCCN1C(=O)C(=O)N(CC(=O)N[C@@H](Cc2cc(F)cc(F)c2)[C@H](O)CNCc2cccc(CC)c2)C[C@@H]1C(C)C. The normalized spacial score (nSPS) is 17.1. The Morgan fingerprint density at radius 1 is 1.02 bits per heavy atom. The van der Waals surface area contributed by atoms with Crippen LogP contribution in [0.2, 0.25) is 0 Å². The lowest BCUT2D eigenvalue weighted by molar-refractivity contribution is -0.161. The lowest BCUT2D eigenvalue weighted by Gasteiger charge is -2.42. The number of carbonyl (C=O) groups is 3. The summed E-state index contributed by atoms with van der Waals surface area (Å²) >= 11 is 0. The van der Waals surface area contributed by atoms with Crippen LogP contribution in [-0.4, -0.2) is 77.0 Å². The fourth-order valence-corrected chi connectivity index (χ4v) is 5.28. The Morgan fingerprint density at radius 3 is 2.36 bits per heavy atom. The van der Waals surface area contributed by atoms with E-state index in [2.05, 4.69) is 23.6 Å². The van der Waals surface area contributed by atoms with E-state index < -0.39 is 41.5 Å². The Morgan fingerprint density at radius 2 is 1.71 bits per heavy atom. The number of hydrogen-bond donors (Lipinski definition) is 3. The summed E-state index contributed by atoms with van der Waals surface area (Å²) in [5, 5.41) is 17.0. The summed E-state index contributed by atoms with van der Waals surface area (Å²) in [5.74, 6) is -3.38. The third-order valence-electron chi connectivity index (χ3n) is 7.67. The minimum absolute atomic E-state index is 0.0408. The molecule has 0 unspecified atom stereocenters. The second kappa shape index (κ2) is 15.7. The fraction of sp³-hybridized carbons (Fsp3) is 0.531. The van der Waals surface area contributed by atoms with Crippen LogP contribution in [0.15, 0.2) is 42.5 Å². The average molecular weight is 587 g/mol. The van der Waals surface area contributed by atoms with Crippen LogP contribution in [0.25, 0.3) is 0 Å². The van der Waals surface area contributed by atoms with Gasteiger partial charge in [-0.15, -0.1) is 0 Å². The van der Waals surface area contributed by atoms with Gasteiger partial charge in [0, 0.05) is 32.2 Å². The van der Waals surface area contributed by atoms with Crippen molar-refractivity contribution in [3.05, 3.63) is 70.8 Å². The van der Waals surface area contributed by atoms with Crippen molar-refractivity contribution in [2.45, 2.75) is 78.1 Å². The number of aliphatic hydroxyl groups excluding tert-OH is 1. The number of aryl methyl sites for hydroxylation is 1. The van der Waals surface area contributed by atoms with Gasteiger partial charge in [-0.1, -0.05) is 58.4 Å². The highest BCUT2D eigenvalue weighted by Gasteiger charge is 2.40. The zero-order valence-corrected chi connectivity index (χ0v) is 25.0. The molecule has 8 nitrogen and oxygen atoms in total. The molecule has 0 bridgehead atoms. The number of unbranched alkanes of at least 4 members (excludes halogenated alkanes) is 1. The highest BCUT2D eigenvalue weighted by Crippen LogP contribution is 2.20. The Labute approximate surface area is 247 Å². The molecule has 1 aliphatic rings. The zero-order valence-electron chi connectivity index (χ0n) is 25.0. The summed E-state index contributed by atoms with van der Waals surface area (Å²) in [6.07, 6.45) is 1.41. The number of aliphatic hydroxyl groups is 1. The first-order valence-corrected chi connectivity index (χ1v) is 14.8. The van der Waals surface area contributed by atoms with Gasteiger partial charge in [0.15, 0.2) is 0 Å². The number of nitrogens with zero attached hydrogens (tertiary/aromatic N) is 2. The van der Waals surface area contributed by atoms with Crippen molar-refractivity contribution in [2.24, 2.45) is 5.92 Å². The van der Waals surface area contributed by atoms with Gasteiger partial charge in [0.05, 0.1) is 18.2 Å². The largest absolute Gasteiger partial charge is 0.390 e. The number of benzene rings is 2. The fourth-order valence-electron chi connectivity index (χ4n) is 5.28. The zero-order chi connectivity index (χ0) is 30.8. The molecule has 1 saturated heterocycles. The van der Waals surface area contributed by atoms with Crippen LogP contribution in [0.5, 0.6) is 0 Å². The van der Waals surface area contributed by atoms with Crippen molar-refractivity contribution in [1.82, 2.24) is 20.4 Å². The van der Waals surface area contributed by atoms with E-state index in [1.165, 1.54) is 10.5 Å². The van der Waals surface area contributed by atoms with E-state index in [1.807, 2.05) is 39.0 Å². The number of halogens is 2. The van der Waals surface area contributed by atoms with Gasteiger partial charge in [0.1, 0.15) is 18.2 Å². The van der Waals surface area contributed by atoms with Crippen LogP contribution in [-0.2, 0) is 33.8 Å². The number of nitrogens with one attached hydrogen (secondary N) is 2. The summed E-state index contributed by atoms with van der Waals surface area (Å²) in [6, 6.07) is 9.98. The molecule has 1 heterocycles. The van der Waals surface area contributed by atoms with Crippen LogP contribution < -0.4 is 10.6 Å². The summed E-state index contributed by atoms with van der Waals surface area (Å²) in [5.41, 5.74) is 2.49. The molecule has 0 saturated carbocycles. The van der Waals surface area contributed by atoms with E-state index in [-0.39, 0.29) is 43.6 Å². The molecule has 3 rings (SSSR count). The molecule has 2 aromatic rings. The maximum absolute atomic E-state index is 13.9. The summed E-state index contributed by atoms with van der Waals surface area (Å²) in [4.78, 5) is 41.9. The number of hydrogen-bond acceptors (Lipinski definition) is 5. The topological polar surface area (TPSA) is 102 Å². The van der Waals surface area contributed by atoms with Gasteiger partial charge in [0.25, 0.3) is 0 Å². The Hall–Kier alpha value is -3.37. The number of carbonyl (C=O) groups excluding carboxylic acids is 3. The third kappa shape index (κ3) is 9.32. The predicted octanol–water partition coefficient (Wildman–Crippen LogP) is 3.20. The second-order valence-corrected chi connectivity index (χ2v) is 11.4. The molecule has 42 heavy (non-hydrogen) atoms. The molecule has 3 amide bonds. The van der Waals surface area contributed by atoms with Gasteiger partial charge < -0.3 is 25.5 Å². The van der Waals surface area contributed by atoms with Gasteiger partial charge in [-0.05, 0) is 54.0 Å². The molecule has 0 radical (unpaired) electrons. The number of rotatable bonds is 15. The van der Waals surface area contributed by atoms with Gasteiger partial charge in [-0.25, -0.2) is 8.78 Å². The van der Waals surface area contributed by atoms with Crippen LogP contribution in [0, 0.1) is 17.6 Å². The minimum Gasteiger partial charge on any atom is -0.390 e. The van der Waals surface area contributed by atoms with Crippen molar-refractivity contribution in [3.63, 3.8) is 0 Å². The van der Waals surface area contributed by atoms with E-state index >= 15 is 0 Å². The first-order chi connectivity index (χ1) is 20.0. The molecule has 0 spiro atoms. The van der Waals surface area contributed by atoms with Gasteiger partial charge in [0.2, 0.25) is 5.91 Å². The number of piperazine rings is 1. The predicted molar refractivity (Wildman–Crippen MR) is 157 cm³/mol. The molecule has 3 atom stereocenters. The van der Waals surface area contributed by atoms with Crippen molar-refractivity contribution >= 4 is 17.7 Å². The first kappa shape index (κ1) is 33.1. The van der Waals surface area contributed by atoms with Gasteiger partial charge in [-0.2, -0.15) is 0 Å². The summed E-state index contributed by atoms with van der Waals surface area (Å²) in [7, 11) is 0. The van der Waals surface area contributed by atoms with Crippen molar-refractivity contribution < 1.29 is 28.3 Å². The van der Waals surface area contributed by atoms with E-state index in [9.17, 15) is 28.3 Å². The Kier molecular flexibility index (Phi) is 12.4. The summed E-state index contributed by atoms with van der Waals surface area (Å²) in [6.45, 7) is 8.95. The molecular formula is C32H44F2N4O4. The maximum Gasteiger partial charge on any atom is 0.312 e. The van der Waals surface area contributed by atoms with Crippen molar-refractivity contribution in [3.8, 4) is 0 Å². The highest BCUT2D eigenvalue weighted by molar-refractivity contribution is 6.35. The summed E-state index contributed by atoms with van der Waals surface area (Å²) < 4.78 is 27.8. The molecule has 1 aliphatic heterocycles. The minimum atomic E-state index is -1.11. The average Bonchev–Trinajstić information content (AvgIpc) is 2.94. The molecule has 10 heteroatoms. The number of amides is 3. The van der Waals surface area contributed by atoms with Crippen molar-refractivity contribution in [1.29, 1.82) is 0 Å². The Bertz CT molecular complexity index is 1200. The van der Waals surface area contributed by atoms with E-state index in [4.69, 9.17) is 0 Å². The lowest BCUT2D eigenvalue weighted by atomic mass is 9.98. The monoisotopic (exact) mass is 586 g/mol. The molecule has 0 aliphatic carbocycles. The maximum atomic E-state index is 13.9. The van der Waals surface area contributed by atoms with E-state index in [1.54, 1.807) is 4.90 Å². The molecule has 2 aromatic carbocycles. The van der Waals surface area contributed by atoms with E-state index in [0.29, 0.717) is 13.1 Å². The molecular weight excluding hydrogens is 542 g/mol. The lowest BCUT2D eigenvalue weighted by Crippen LogP contribution is -2.63.